The Bertz CT molecular complexity index is 331. The smallest absolute Gasteiger partial charge is 0.150 e. The largest absolute Gasteiger partial charge is 0.298 e. The van der Waals surface area contributed by atoms with Crippen molar-refractivity contribution in [1.29, 1.82) is 0 Å². The molecule has 1 atom stereocenters. The standard InChI is InChI=1S/C12H13FO/c13-7-12(10-4-5-10)11-3-1-2-9(6-11)8-14/h1-3,6,8,10,12H,4-5,7H2. The van der Waals surface area contributed by atoms with E-state index in [1.54, 1.807) is 12.1 Å². The summed E-state index contributed by atoms with van der Waals surface area (Å²) in [6.45, 7) is -0.313. The fourth-order valence-corrected chi connectivity index (χ4v) is 1.85. The number of alkyl halides is 1. The van der Waals surface area contributed by atoms with Gasteiger partial charge in [0.2, 0.25) is 0 Å². The molecule has 0 N–H and O–H groups in total. The second-order valence-corrected chi connectivity index (χ2v) is 3.89. The maximum atomic E-state index is 12.8. The molecule has 2 rings (SSSR count). The van der Waals surface area contributed by atoms with Crippen LogP contribution in [0.3, 0.4) is 0 Å². The molecule has 74 valence electrons. The molecule has 1 aromatic rings. The third kappa shape index (κ3) is 1.84. The number of hydrogen-bond donors (Lipinski definition) is 0. The lowest BCUT2D eigenvalue weighted by Gasteiger charge is -2.12. The number of aldehydes is 1. The third-order valence-electron chi connectivity index (χ3n) is 2.83. The zero-order valence-electron chi connectivity index (χ0n) is 7.95. The Morgan fingerprint density at radius 2 is 2.29 bits per heavy atom. The van der Waals surface area contributed by atoms with Crippen molar-refractivity contribution in [3.8, 4) is 0 Å². The molecule has 0 amide bonds. The van der Waals surface area contributed by atoms with Crippen molar-refractivity contribution in [2.24, 2.45) is 5.92 Å². The number of carbonyl (C=O) groups is 1. The van der Waals surface area contributed by atoms with Crippen molar-refractivity contribution in [1.82, 2.24) is 0 Å². The summed E-state index contributed by atoms with van der Waals surface area (Å²) in [6.07, 6.45) is 3.06. The Labute approximate surface area is 82.9 Å². The molecule has 0 bridgehead atoms. The maximum absolute atomic E-state index is 12.8. The Morgan fingerprint density at radius 3 is 2.86 bits per heavy atom. The highest BCUT2D eigenvalue weighted by Gasteiger charge is 2.32. The molecule has 1 fully saturated rings. The van der Waals surface area contributed by atoms with E-state index in [-0.39, 0.29) is 12.6 Å². The summed E-state index contributed by atoms with van der Waals surface area (Å²) < 4.78 is 12.8. The normalized spacial score (nSPS) is 17.8. The molecule has 1 aromatic carbocycles. The summed E-state index contributed by atoms with van der Waals surface area (Å²) >= 11 is 0. The van der Waals surface area contributed by atoms with Gasteiger partial charge in [0.05, 0.1) is 6.67 Å². The van der Waals surface area contributed by atoms with Gasteiger partial charge in [-0.1, -0.05) is 18.2 Å². The first-order chi connectivity index (χ1) is 6.85. The topological polar surface area (TPSA) is 17.1 Å². The molecule has 0 heterocycles. The predicted molar refractivity (Wildman–Crippen MR) is 53.3 cm³/mol. The predicted octanol–water partition coefficient (Wildman–Crippen LogP) is 2.96. The number of benzene rings is 1. The minimum Gasteiger partial charge on any atom is -0.298 e. The second kappa shape index (κ2) is 3.91. The Hall–Kier alpha value is -1.18. The summed E-state index contributed by atoms with van der Waals surface area (Å²) in [4.78, 5) is 10.6. The fourth-order valence-electron chi connectivity index (χ4n) is 1.85. The summed E-state index contributed by atoms with van der Waals surface area (Å²) in [5.41, 5.74) is 1.61. The van der Waals surface area contributed by atoms with Crippen molar-refractivity contribution >= 4 is 6.29 Å². The lowest BCUT2D eigenvalue weighted by atomic mass is 9.94. The van der Waals surface area contributed by atoms with Crippen LogP contribution >= 0.6 is 0 Å². The molecule has 0 aliphatic heterocycles. The van der Waals surface area contributed by atoms with Crippen LogP contribution in [-0.2, 0) is 0 Å². The summed E-state index contributed by atoms with van der Waals surface area (Å²) in [5.74, 6) is 0.511. The summed E-state index contributed by atoms with van der Waals surface area (Å²) in [5, 5.41) is 0. The lowest BCUT2D eigenvalue weighted by Crippen LogP contribution is -2.03. The van der Waals surface area contributed by atoms with E-state index in [1.165, 1.54) is 0 Å². The maximum Gasteiger partial charge on any atom is 0.150 e. The van der Waals surface area contributed by atoms with Gasteiger partial charge in [0.25, 0.3) is 0 Å². The van der Waals surface area contributed by atoms with E-state index < -0.39 is 0 Å². The molecule has 1 aliphatic rings. The van der Waals surface area contributed by atoms with E-state index in [0.717, 1.165) is 24.7 Å². The highest BCUT2D eigenvalue weighted by molar-refractivity contribution is 5.75. The zero-order chi connectivity index (χ0) is 9.97. The second-order valence-electron chi connectivity index (χ2n) is 3.89. The van der Waals surface area contributed by atoms with Gasteiger partial charge in [0, 0.05) is 11.5 Å². The van der Waals surface area contributed by atoms with Crippen LogP contribution in [-0.4, -0.2) is 13.0 Å². The van der Waals surface area contributed by atoms with Crippen molar-refractivity contribution in [2.75, 3.05) is 6.67 Å². The van der Waals surface area contributed by atoms with Crippen LogP contribution in [0.2, 0.25) is 0 Å². The van der Waals surface area contributed by atoms with Crippen molar-refractivity contribution in [3.63, 3.8) is 0 Å². The number of rotatable bonds is 4. The monoisotopic (exact) mass is 192 g/mol. The average Bonchev–Trinajstić information content (AvgIpc) is 3.04. The van der Waals surface area contributed by atoms with Gasteiger partial charge in [-0.15, -0.1) is 0 Å². The van der Waals surface area contributed by atoms with Gasteiger partial charge in [-0.25, -0.2) is 0 Å². The van der Waals surface area contributed by atoms with Crippen LogP contribution < -0.4 is 0 Å². The minimum atomic E-state index is -0.313. The molecule has 0 saturated heterocycles. The van der Waals surface area contributed by atoms with E-state index >= 15 is 0 Å². The molecule has 1 unspecified atom stereocenters. The van der Waals surface area contributed by atoms with Crippen LogP contribution in [0.25, 0.3) is 0 Å². The van der Waals surface area contributed by atoms with E-state index in [0.29, 0.717) is 11.5 Å². The first-order valence-electron chi connectivity index (χ1n) is 4.96. The summed E-state index contributed by atoms with van der Waals surface area (Å²) in [6, 6.07) is 7.29. The van der Waals surface area contributed by atoms with Crippen LogP contribution in [0.4, 0.5) is 4.39 Å². The number of carbonyl (C=O) groups excluding carboxylic acids is 1. The van der Waals surface area contributed by atoms with Crippen molar-refractivity contribution in [3.05, 3.63) is 35.4 Å². The molecule has 1 saturated carbocycles. The molecule has 0 radical (unpaired) electrons. The van der Waals surface area contributed by atoms with Gasteiger partial charge in [-0.2, -0.15) is 0 Å². The Kier molecular flexibility index (Phi) is 2.62. The highest BCUT2D eigenvalue weighted by atomic mass is 19.1. The molecule has 0 aromatic heterocycles. The van der Waals surface area contributed by atoms with Gasteiger partial charge >= 0.3 is 0 Å². The Balaban J connectivity index is 2.24. The summed E-state index contributed by atoms with van der Waals surface area (Å²) in [7, 11) is 0. The zero-order valence-corrected chi connectivity index (χ0v) is 7.95. The first kappa shape index (κ1) is 9.38. The van der Waals surface area contributed by atoms with Crippen LogP contribution in [0, 0.1) is 5.92 Å². The van der Waals surface area contributed by atoms with Crippen molar-refractivity contribution in [2.45, 2.75) is 18.8 Å². The fraction of sp³-hybridized carbons (Fsp3) is 0.417. The average molecular weight is 192 g/mol. The van der Waals surface area contributed by atoms with Gasteiger partial charge in [-0.3, -0.25) is 9.18 Å². The third-order valence-corrected chi connectivity index (χ3v) is 2.83. The van der Waals surface area contributed by atoms with Crippen molar-refractivity contribution < 1.29 is 9.18 Å². The number of hydrogen-bond acceptors (Lipinski definition) is 1. The van der Waals surface area contributed by atoms with E-state index in [9.17, 15) is 9.18 Å². The van der Waals surface area contributed by atoms with Gasteiger partial charge in [0.15, 0.2) is 0 Å². The quantitative estimate of drug-likeness (QED) is 0.670. The molecule has 14 heavy (non-hydrogen) atoms. The highest BCUT2D eigenvalue weighted by Crippen LogP contribution is 2.42. The van der Waals surface area contributed by atoms with E-state index in [2.05, 4.69) is 0 Å². The van der Waals surface area contributed by atoms with Gasteiger partial charge in [-0.05, 0) is 30.4 Å². The van der Waals surface area contributed by atoms with E-state index in [4.69, 9.17) is 0 Å². The molecule has 1 aliphatic carbocycles. The van der Waals surface area contributed by atoms with Crippen LogP contribution in [0.15, 0.2) is 24.3 Å². The molecule has 1 nitrogen and oxygen atoms in total. The SMILES string of the molecule is O=Cc1cccc(C(CF)C2CC2)c1. The molecular formula is C12H13FO. The minimum absolute atomic E-state index is 0.00917. The van der Waals surface area contributed by atoms with Gasteiger partial charge in [0.1, 0.15) is 6.29 Å². The van der Waals surface area contributed by atoms with Crippen LogP contribution in [0.1, 0.15) is 34.7 Å². The van der Waals surface area contributed by atoms with Gasteiger partial charge < -0.3 is 0 Å². The molecule has 2 heteroatoms. The lowest BCUT2D eigenvalue weighted by molar-refractivity contribution is 0.112. The Morgan fingerprint density at radius 1 is 1.50 bits per heavy atom. The number of halogens is 1. The van der Waals surface area contributed by atoms with E-state index in [1.807, 2.05) is 12.1 Å². The first-order valence-corrected chi connectivity index (χ1v) is 4.96. The molecule has 0 spiro atoms. The van der Waals surface area contributed by atoms with Crippen LogP contribution in [0.5, 0.6) is 0 Å². The molecular weight excluding hydrogens is 179 g/mol.